The molecule has 10 heteroatoms. The minimum absolute atomic E-state index is 0.00746. The van der Waals surface area contributed by atoms with E-state index >= 15 is 0 Å². The van der Waals surface area contributed by atoms with Gasteiger partial charge in [0.1, 0.15) is 18.7 Å². The van der Waals surface area contributed by atoms with Gasteiger partial charge >= 0.3 is 0 Å². The average Bonchev–Trinajstić information content (AvgIpc) is 3.77. The van der Waals surface area contributed by atoms with Crippen LogP contribution in [0.2, 0.25) is 0 Å². The van der Waals surface area contributed by atoms with Gasteiger partial charge in [-0.3, -0.25) is 10.1 Å². The molecule has 1 fully saturated rings. The number of nitrogens with zero attached hydrogens (tertiary/aromatic N) is 6. The zero-order valence-corrected chi connectivity index (χ0v) is 22.4. The highest BCUT2D eigenvalue weighted by Gasteiger charge is 2.48. The standard InChI is InChI=1S/C30H30N8O2/c1-17-24-25(22-13-32-37(2)14-22)26-28-33-27(36-38(28)16-31-29(26)40-30(24)35-34-17)20-8-6-18(7-9-20)15-39-23-11-10-19-4-3-5-21(19)12-23/h6-14,16-17,24-25,30,34-35H,3-5,15H2,1-2H3. The molecule has 1 aliphatic carbocycles. The number of ether oxygens (including phenoxy) is 2. The summed E-state index contributed by atoms with van der Waals surface area (Å²) < 4.78 is 16.0. The molecule has 8 rings (SSSR count). The first-order valence-corrected chi connectivity index (χ1v) is 13.9. The molecule has 0 saturated carbocycles. The number of benzene rings is 2. The van der Waals surface area contributed by atoms with Gasteiger partial charge in [0, 0.05) is 36.7 Å². The molecule has 0 bridgehead atoms. The fourth-order valence-electron chi connectivity index (χ4n) is 6.44. The van der Waals surface area contributed by atoms with Crippen LogP contribution in [0.4, 0.5) is 0 Å². The summed E-state index contributed by atoms with van der Waals surface area (Å²) in [6.45, 7) is 2.68. The lowest BCUT2D eigenvalue weighted by Crippen LogP contribution is -2.42. The highest BCUT2D eigenvalue weighted by molar-refractivity contribution is 5.64. The maximum Gasteiger partial charge on any atom is 0.224 e. The Kier molecular flexibility index (Phi) is 5.39. The zero-order valence-electron chi connectivity index (χ0n) is 22.4. The van der Waals surface area contributed by atoms with E-state index in [9.17, 15) is 0 Å². The number of fused-ring (bicyclic) bond motifs is 5. The van der Waals surface area contributed by atoms with Crippen LogP contribution in [0.3, 0.4) is 0 Å². The first-order valence-electron chi connectivity index (χ1n) is 13.9. The molecule has 4 atom stereocenters. The van der Waals surface area contributed by atoms with Crippen molar-refractivity contribution in [3.8, 4) is 23.0 Å². The maximum atomic E-state index is 6.30. The molecule has 10 nitrogen and oxygen atoms in total. The summed E-state index contributed by atoms with van der Waals surface area (Å²) >= 11 is 0. The van der Waals surface area contributed by atoms with Gasteiger partial charge in [-0.2, -0.15) is 5.10 Å². The fourth-order valence-corrected chi connectivity index (χ4v) is 6.44. The molecule has 5 aromatic rings. The first-order chi connectivity index (χ1) is 19.6. The highest BCUT2D eigenvalue weighted by Crippen LogP contribution is 2.46. The summed E-state index contributed by atoms with van der Waals surface area (Å²) in [5.74, 6) is 2.27. The smallest absolute Gasteiger partial charge is 0.224 e. The van der Waals surface area contributed by atoms with E-state index in [0.717, 1.165) is 40.1 Å². The molecular formula is C30H30N8O2. The number of hydrogen-bond donors (Lipinski definition) is 2. The minimum atomic E-state index is -0.198. The second-order valence-corrected chi connectivity index (χ2v) is 11.1. The molecule has 5 heterocycles. The van der Waals surface area contributed by atoms with Gasteiger partial charge in [0.25, 0.3) is 0 Å². The van der Waals surface area contributed by atoms with Gasteiger partial charge in [-0.1, -0.05) is 30.3 Å². The average molecular weight is 535 g/mol. The molecule has 2 aliphatic heterocycles. The third-order valence-corrected chi connectivity index (χ3v) is 8.47. The van der Waals surface area contributed by atoms with E-state index in [0.29, 0.717) is 18.3 Å². The van der Waals surface area contributed by atoms with Gasteiger partial charge in [-0.05, 0) is 60.6 Å². The lowest BCUT2D eigenvalue weighted by molar-refractivity contribution is 0.0969. The number of hydrazine groups is 1. The van der Waals surface area contributed by atoms with E-state index in [1.54, 1.807) is 10.8 Å². The molecule has 1 saturated heterocycles. The fraction of sp³-hybridized carbons (Fsp3) is 0.333. The van der Waals surface area contributed by atoms with Crippen LogP contribution in [0.15, 0.2) is 61.2 Å². The predicted octanol–water partition coefficient (Wildman–Crippen LogP) is 3.56. The van der Waals surface area contributed by atoms with Crippen LogP contribution in [0.5, 0.6) is 11.6 Å². The van der Waals surface area contributed by atoms with E-state index in [1.165, 1.54) is 24.0 Å². The largest absolute Gasteiger partial charge is 0.489 e. The molecule has 0 spiro atoms. The number of nitrogens with one attached hydrogen (secondary N) is 2. The van der Waals surface area contributed by atoms with Gasteiger partial charge in [-0.15, -0.1) is 5.10 Å². The van der Waals surface area contributed by atoms with E-state index in [2.05, 4.69) is 64.4 Å². The van der Waals surface area contributed by atoms with Crippen LogP contribution in [0.1, 0.15) is 47.1 Å². The quantitative estimate of drug-likeness (QED) is 0.353. The number of rotatable bonds is 5. The Morgan fingerprint density at radius 1 is 1.07 bits per heavy atom. The van der Waals surface area contributed by atoms with Crippen molar-refractivity contribution < 1.29 is 9.47 Å². The van der Waals surface area contributed by atoms with Gasteiger partial charge in [-0.25, -0.2) is 19.9 Å². The molecule has 3 aliphatic rings. The Labute approximate surface area is 231 Å². The Bertz CT molecular complexity index is 1730. The number of aryl methyl sites for hydroxylation is 3. The van der Waals surface area contributed by atoms with E-state index in [4.69, 9.17) is 19.6 Å². The van der Waals surface area contributed by atoms with Crippen LogP contribution < -0.4 is 20.3 Å². The van der Waals surface area contributed by atoms with Crippen molar-refractivity contribution in [2.75, 3.05) is 0 Å². The predicted molar refractivity (Wildman–Crippen MR) is 148 cm³/mol. The van der Waals surface area contributed by atoms with Crippen molar-refractivity contribution in [1.29, 1.82) is 0 Å². The van der Waals surface area contributed by atoms with Gasteiger partial charge < -0.3 is 9.47 Å². The molecule has 202 valence electrons. The Hall–Kier alpha value is -4.28. The van der Waals surface area contributed by atoms with Crippen LogP contribution in [-0.4, -0.2) is 41.6 Å². The number of hydrogen-bond acceptors (Lipinski definition) is 8. The Morgan fingerprint density at radius 3 is 2.80 bits per heavy atom. The highest BCUT2D eigenvalue weighted by atomic mass is 16.5. The summed E-state index contributed by atoms with van der Waals surface area (Å²) in [6, 6.07) is 14.9. The van der Waals surface area contributed by atoms with Crippen molar-refractivity contribution in [2.45, 2.75) is 51.0 Å². The lowest BCUT2D eigenvalue weighted by atomic mass is 9.77. The van der Waals surface area contributed by atoms with Crippen molar-refractivity contribution in [3.05, 3.63) is 89.0 Å². The van der Waals surface area contributed by atoms with Crippen LogP contribution in [0, 0.1) is 5.92 Å². The SMILES string of the molecule is CC1NNC2Oc3ncn4nc(-c5ccc(COc6ccc7c(c6)CCC7)cc5)nc4c3C(c3cnn(C)c3)C12. The molecule has 0 amide bonds. The normalized spacial score (nSPS) is 23.1. The van der Waals surface area contributed by atoms with Crippen molar-refractivity contribution >= 4 is 5.65 Å². The number of aromatic nitrogens is 6. The Morgan fingerprint density at radius 2 is 1.95 bits per heavy atom. The van der Waals surface area contributed by atoms with Crippen molar-refractivity contribution in [3.63, 3.8) is 0 Å². The molecule has 2 aromatic carbocycles. The van der Waals surface area contributed by atoms with Crippen LogP contribution in [-0.2, 0) is 26.5 Å². The summed E-state index contributed by atoms with van der Waals surface area (Å²) in [5.41, 5.74) is 14.3. The molecule has 40 heavy (non-hydrogen) atoms. The van der Waals surface area contributed by atoms with Crippen molar-refractivity contribution in [1.82, 2.24) is 40.2 Å². The van der Waals surface area contributed by atoms with Crippen LogP contribution >= 0.6 is 0 Å². The molecule has 4 unspecified atom stereocenters. The van der Waals surface area contributed by atoms with Gasteiger partial charge in [0.05, 0.1) is 11.8 Å². The summed E-state index contributed by atoms with van der Waals surface area (Å²) in [4.78, 5) is 9.65. The first kappa shape index (κ1) is 23.6. The lowest BCUT2D eigenvalue weighted by Gasteiger charge is -2.35. The molecule has 3 aromatic heterocycles. The second-order valence-electron chi connectivity index (χ2n) is 11.1. The summed E-state index contributed by atoms with van der Waals surface area (Å²) in [5, 5.41) is 9.25. The third-order valence-electron chi connectivity index (χ3n) is 8.47. The van der Waals surface area contributed by atoms with Crippen molar-refractivity contribution in [2.24, 2.45) is 13.0 Å². The maximum absolute atomic E-state index is 6.30. The van der Waals surface area contributed by atoms with Gasteiger partial charge in [0.15, 0.2) is 17.7 Å². The zero-order chi connectivity index (χ0) is 26.8. The summed E-state index contributed by atoms with van der Waals surface area (Å²) in [7, 11) is 1.93. The second kappa shape index (κ2) is 9.14. The Balaban J connectivity index is 1.10. The topological polar surface area (TPSA) is 103 Å². The monoisotopic (exact) mass is 534 g/mol. The molecular weight excluding hydrogens is 504 g/mol. The van der Waals surface area contributed by atoms with E-state index in [1.807, 2.05) is 30.1 Å². The molecule has 2 N–H and O–H groups in total. The summed E-state index contributed by atoms with van der Waals surface area (Å²) in [6.07, 6.45) is 9.03. The van der Waals surface area contributed by atoms with E-state index in [-0.39, 0.29) is 24.1 Å². The van der Waals surface area contributed by atoms with Crippen LogP contribution in [0.25, 0.3) is 17.0 Å². The third kappa shape index (κ3) is 3.86. The minimum Gasteiger partial charge on any atom is -0.489 e. The van der Waals surface area contributed by atoms with E-state index < -0.39 is 0 Å². The molecule has 0 radical (unpaired) electrons. The van der Waals surface area contributed by atoms with Gasteiger partial charge in [0.2, 0.25) is 5.88 Å².